The molecule has 18 heavy (non-hydrogen) atoms. The molecule has 0 heterocycles. The Bertz CT molecular complexity index is 346. The van der Waals surface area contributed by atoms with E-state index in [0.29, 0.717) is 0 Å². The fourth-order valence-corrected chi connectivity index (χ4v) is 1.80. The molecule has 1 aliphatic carbocycles. The number of hydrogen-bond donors (Lipinski definition) is 3. The van der Waals surface area contributed by atoms with Crippen LogP contribution in [0, 0.1) is 11.8 Å². The molecule has 0 fully saturated rings. The number of hydrogen-bond acceptors (Lipinski definition) is 3. The van der Waals surface area contributed by atoms with Crippen LogP contribution in [-0.2, 0) is 9.59 Å². The lowest BCUT2D eigenvalue weighted by Crippen LogP contribution is -2.43. The minimum atomic E-state index is -2.94. The average Bonchev–Trinajstić information content (AvgIpc) is 2.35. The van der Waals surface area contributed by atoms with Gasteiger partial charge in [0.1, 0.15) is 6.10 Å². The topological polar surface area (TPSA) is 86.6 Å². The number of carbonyl (C=O) groups excluding carboxylic acids is 1. The van der Waals surface area contributed by atoms with E-state index in [4.69, 9.17) is 10.2 Å². The van der Waals surface area contributed by atoms with E-state index in [0.717, 1.165) is 0 Å². The number of aliphatic carboxylic acids is 1. The number of carboxylic acid groups (broad SMARTS) is 1. The predicted octanol–water partition coefficient (Wildman–Crippen LogP) is 0.396. The van der Waals surface area contributed by atoms with Crippen LogP contribution in [0.5, 0.6) is 0 Å². The summed E-state index contributed by atoms with van der Waals surface area (Å²) in [5, 5.41) is 19.9. The predicted molar refractivity (Wildman–Crippen MR) is 58.0 cm³/mol. The highest BCUT2D eigenvalue weighted by Gasteiger charge is 2.34. The first-order valence-corrected chi connectivity index (χ1v) is 5.55. The van der Waals surface area contributed by atoms with Gasteiger partial charge in [-0.3, -0.25) is 9.59 Å². The summed E-state index contributed by atoms with van der Waals surface area (Å²) in [6, 6.07) is 0. The Morgan fingerprint density at radius 2 is 1.83 bits per heavy atom. The van der Waals surface area contributed by atoms with E-state index in [2.05, 4.69) is 5.32 Å². The van der Waals surface area contributed by atoms with Crippen molar-refractivity contribution >= 4 is 11.9 Å². The minimum Gasteiger partial charge on any atom is -0.481 e. The van der Waals surface area contributed by atoms with Gasteiger partial charge in [0.2, 0.25) is 5.91 Å². The van der Waals surface area contributed by atoms with Crippen LogP contribution in [0.4, 0.5) is 8.78 Å². The molecule has 0 aromatic rings. The second kappa shape index (κ2) is 6.44. The second-order valence-corrected chi connectivity index (χ2v) is 4.14. The lowest BCUT2D eigenvalue weighted by Gasteiger charge is -2.24. The van der Waals surface area contributed by atoms with Gasteiger partial charge >= 0.3 is 5.97 Å². The highest BCUT2D eigenvalue weighted by Crippen LogP contribution is 2.25. The summed E-state index contributed by atoms with van der Waals surface area (Å²) in [4.78, 5) is 22.6. The normalized spacial score (nSPS) is 24.9. The van der Waals surface area contributed by atoms with Crippen molar-refractivity contribution in [2.75, 3.05) is 6.54 Å². The molecular weight excluding hydrogens is 248 g/mol. The third-order valence-electron chi connectivity index (χ3n) is 2.86. The van der Waals surface area contributed by atoms with E-state index in [1.54, 1.807) is 12.2 Å². The highest BCUT2D eigenvalue weighted by molar-refractivity contribution is 5.85. The summed E-state index contributed by atoms with van der Waals surface area (Å²) in [5.74, 6) is -3.34. The van der Waals surface area contributed by atoms with Gasteiger partial charge in [-0.25, -0.2) is 8.78 Å². The molecule has 0 saturated carbocycles. The molecule has 0 spiro atoms. The number of aliphatic hydroxyl groups is 1. The first-order chi connectivity index (χ1) is 8.43. The van der Waals surface area contributed by atoms with Crippen LogP contribution in [-0.4, -0.2) is 41.2 Å². The SMILES string of the molecule is O=C(O)C1CC=CCC1C(=O)NCC(O)C(F)F. The van der Waals surface area contributed by atoms with E-state index in [1.165, 1.54) is 0 Å². The van der Waals surface area contributed by atoms with Crippen LogP contribution in [0.1, 0.15) is 12.8 Å². The highest BCUT2D eigenvalue weighted by atomic mass is 19.3. The molecular formula is C11H15F2NO4. The molecule has 3 unspecified atom stereocenters. The number of rotatable bonds is 5. The third kappa shape index (κ3) is 3.76. The zero-order valence-corrected chi connectivity index (χ0v) is 9.55. The maximum atomic E-state index is 12.0. The molecule has 1 aliphatic rings. The van der Waals surface area contributed by atoms with Gasteiger partial charge in [0.15, 0.2) is 0 Å². The Morgan fingerprint density at radius 1 is 1.28 bits per heavy atom. The lowest BCUT2D eigenvalue weighted by molar-refractivity contribution is -0.147. The lowest BCUT2D eigenvalue weighted by atomic mass is 9.82. The van der Waals surface area contributed by atoms with Gasteiger partial charge in [-0.2, -0.15) is 0 Å². The Hall–Kier alpha value is -1.50. The number of allylic oxidation sites excluding steroid dienone is 2. The number of nitrogens with one attached hydrogen (secondary N) is 1. The second-order valence-electron chi connectivity index (χ2n) is 4.14. The van der Waals surface area contributed by atoms with Crippen molar-refractivity contribution in [2.45, 2.75) is 25.4 Å². The Labute approximate surface area is 102 Å². The van der Waals surface area contributed by atoms with E-state index in [9.17, 15) is 18.4 Å². The molecule has 7 heteroatoms. The van der Waals surface area contributed by atoms with Crippen LogP contribution in [0.3, 0.4) is 0 Å². The first-order valence-electron chi connectivity index (χ1n) is 5.55. The number of carboxylic acids is 1. The summed E-state index contributed by atoms with van der Waals surface area (Å²) in [5.41, 5.74) is 0. The Balaban J connectivity index is 2.54. The molecule has 0 saturated heterocycles. The molecule has 0 aliphatic heterocycles. The monoisotopic (exact) mass is 263 g/mol. The summed E-state index contributed by atoms with van der Waals surface area (Å²) in [7, 11) is 0. The largest absolute Gasteiger partial charge is 0.481 e. The number of amides is 1. The average molecular weight is 263 g/mol. The molecule has 3 atom stereocenters. The number of halogens is 2. The van der Waals surface area contributed by atoms with Crippen LogP contribution >= 0.6 is 0 Å². The van der Waals surface area contributed by atoms with E-state index in [-0.39, 0.29) is 12.8 Å². The van der Waals surface area contributed by atoms with E-state index >= 15 is 0 Å². The molecule has 0 bridgehead atoms. The molecule has 1 amide bonds. The van der Waals surface area contributed by atoms with Crippen LogP contribution in [0.2, 0.25) is 0 Å². The number of alkyl halides is 2. The van der Waals surface area contributed by atoms with E-state index < -0.39 is 42.8 Å². The zero-order chi connectivity index (χ0) is 13.7. The van der Waals surface area contributed by atoms with Gasteiger partial charge < -0.3 is 15.5 Å². The van der Waals surface area contributed by atoms with Gasteiger partial charge in [-0.05, 0) is 12.8 Å². The van der Waals surface area contributed by atoms with Gasteiger partial charge in [-0.15, -0.1) is 0 Å². The molecule has 1 rings (SSSR count). The van der Waals surface area contributed by atoms with Crippen molar-refractivity contribution in [1.82, 2.24) is 5.32 Å². The number of aliphatic hydroxyl groups excluding tert-OH is 1. The summed E-state index contributed by atoms with van der Waals surface area (Å²) in [6.45, 7) is -0.580. The van der Waals surface area contributed by atoms with Crippen molar-refractivity contribution in [3.8, 4) is 0 Å². The zero-order valence-electron chi connectivity index (χ0n) is 9.55. The van der Waals surface area contributed by atoms with Crippen molar-refractivity contribution in [2.24, 2.45) is 11.8 Å². The Morgan fingerprint density at radius 3 is 2.33 bits per heavy atom. The van der Waals surface area contributed by atoms with Crippen molar-refractivity contribution in [1.29, 1.82) is 0 Å². The minimum absolute atomic E-state index is 0.241. The van der Waals surface area contributed by atoms with Crippen LogP contribution in [0.25, 0.3) is 0 Å². The fourth-order valence-electron chi connectivity index (χ4n) is 1.80. The van der Waals surface area contributed by atoms with Gasteiger partial charge in [0.25, 0.3) is 6.43 Å². The Kier molecular flexibility index (Phi) is 5.21. The maximum Gasteiger partial charge on any atom is 0.307 e. The summed E-state index contributed by atoms with van der Waals surface area (Å²) in [6.07, 6.45) is -1.01. The van der Waals surface area contributed by atoms with Gasteiger partial charge in [-0.1, -0.05) is 12.2 Å². The van der Waals surface area contributed by atoms with Crippen molar-refractivity contribution < 1.29 is 28.6 Å². The van der Waals surface area contributed by atoms with Gasteiger partial charge in [0, 0.05) is 6.54 Å². The van der Waals surface area contributed by atoms with Crippen LogP contribution in [0.15, 0.2) is 12.2 Å². The third-order valence-corrected chi connectivity index (χ3v) is 2.86. The summed E-state index contributed by atoms with van der Waals surface area (Å²) < 4.78 is 24.0. The molecule has 3 N–H and O–H groups in total. The molecule has 5 nitrogen and oxygen atoms in total. The van der Waals surface area contributed by atoms with Crippen molar-refractivity contribution in [3.63, 3.8) is 0 Å². The fraction of sp³-hybridized carbons (Fsp3) is 0.636. The number of carbonyl (C=O) groups is 2. The maximum absolute atomic E-state index is 12.0. The molecule has 0 aromatic heterocycles. The smallest absolute Gasteiger partial charge is 0.307 e. The molecule has 0 aromatic carbocycles. The van der Waals surface area contributed by atoms with Crippen molar-refractivity contribution in [3.05, 3.63) is 12.2 Å². The first kappa shape index (κ1) is 14.6. The standard InChI is InChI=1S/C11H15F2NO4/c12-9(13)8(15)5-14-10(16)6-3-1-2-4-7(6)11(17)18/h1-2,6-9,15H,3-5H2,(H,14,16)(H,17,18). The molecule has 0 radical (unpaired) electrons. The van der Waals surface area contributed by atoms with E-state index in [1.807, 2.05) is 0 Å². The quantitative estimate of drug-likeness (QED) is 0.626. The molecule has 102 valence electrons. The summed E-state index contributed by atoms with van der Waals surface area (Å²) >= 11 is 0. The van der Waals surface area contributed by atoms with Crippen LogP contribution < -0.4 is 5.32 Å². The van der Waals surface area contributed by atoms with Gasteiger partial charge in [0.05, 0.1) is 11.8 Å².